The number of aromatic amines is 1. The molecule has 2 aromatic rings. The smallest absolute Gasteiger partial charge is 0.155 e. The van der Waals surface area contributed by atoms with Crippen molar-refractivity contribution in [3.05, 3.63) is 36.2 Å². The number of nitrogens with one attached hydrogen (secondary N) is 1. The zero-order valence-electron chi connectivity index (χ0n) is 8.90. The second-order valence-electron chi connectivity index (χ2n) is 3.57. The maximum Gasteiger partial charge on any atom is 0.155 e. The predicted molar refractivity (Wildman–Crippen MR) is 60.4 cm³/mol. The summed E-state index contributed by atoms with van der Waals surface area (Å²) < 4.78 is 0. The molecule has 1 aromatic carbocycles. The van der Waals surface area contributed by atoms with Gasteiger partial charge in [0.25, 0.3) is 0 Å². The van der Waals surface area contributed by atoms with E-state index in [1.54, 1.807) is 0 Å². The summed E-state index contributed by atoms with van der Waals surface area (Å²) in [5.74, 6) is 1.78. The van der Waals surface area contributed by atoms with Crippen LogP contribution in [0.25, 0.3) is 11.4 Å². The molecule has 0 saturated heterocycles. The van der Waals surface area contributed by atoms with Gasteiger partial charge < -0.3 is 0 Å². The van der Waals surface area contributed by atoms with E-state index in [0.29, 0.717) is 0 Å². The Balaban J connectivity index is 2.14. The van der Waals surface area contributed by atoms with Gasteiger partial charge in [-0.2, -0.15) is 5.10 Å². The molecule has 3 heteroatoms. The summed E-state index contributed by atoms with van der Waals surface area (Å²) in [7, 11) is 0. The highest BCUT2D eigenvalue weighted by Crippen LogP contribution is 2.13. The van der Waals surface area contributed by atoms with E-state index >= 15 is 0 Å². The highest BCUT2D eigenvalue weighted by molar-refractivity contribution is 5.53. The van der Waals surface area contributed by atoms with Crippen LogP contribution < -0.4 is 0 Å². The minimum Gasteiger partial charge on any atom is -0.259 e. The van der Waals surface area contributed by atoms with Crippen LogP contribution in [0.5, 0.6) is 0 Å². The Morgan fingerprint density at radius 3 is 2.73 bits per heavy atom. The van der Waals surface area contributed by atoms with Crippen molar-refractivity contribution in [2.45, 2.75) is 26.2 Å². The van der Waals surface area contributed by atoms with Crippen LogP contribution in [-0.2, 0) is 6.42 Å². The van der Waals surface area contributed by atoms with Crippen molar-refractivity contribution < 1.29 is 0 Å². The molecule has 0 aliphatic heterocycles. The van der Waals surface area contributed by atoms with Crippen molar-refractivity contribution >= 4 is 0 Å². The molecule has 0 unspecified atom stereocenters. The van der Waals surface area contributed by atoms with Gasteiger partial charge in [-0.25, -0.2) is 4.98 Å². The van der Waals surface area contributed by atoms with E-state index in [1.807, 2.05) is 30.3 Å². The molecule has 0 amide bonds. The Morgan fingerprint density at radius 1 is 1.20 bits per heavy atom. The number of aromatic nitrogens is 3. The molecule has 1 aromatic heterocycles. The molecule has 0 bridgehead atoms. The first-order valence-electron chi connectivity index (χ1n) is 5.37. The molecule has 2 rings (SSSR count). The Labute approximate surface area is 89.6 Å². The van der Waals surface area contributed by atoms with Crippen molar-refractivity contribution in [1.29, 1.82) is 0 Å². The lowest BCUT2D eigenvalue weighted by atomic mass is 10.2. The van der Waals surface area contributed by atoms with Crippen LogP contribution in [-0.4, -0.2) is 15.2 Å². The number of H-pyrrole nitrogens is 1. The topological polar surface area (TPSA) is 41.6 Å². The Hall–Kier alpha value is -1.64. The highest BCUT2D eigenvalue weighted by Gasteiger charge is 2.03. The predicted octanol–water partition coefficient (Wildman–Crippen LogP) is 2.81. The molecular formula is C12H15N3. The largest absolute Gasteiger partial charge is 0.259 e. The van der Waals surface area contributed by atoms with E-state index in [-0.39, 0.29) is 0 Å². The molecule has 78 valence electrons. The summed E-state index contributed by atoms with van der Waals surface area (Å²) in [6, 6.07) is 10.1. The molecular weight excluding hydrogens is 186 g/mol. The average Bonchev–Trinajstić information content (AvgIpc) is 2.76. The first-order chi connectivity index (χ1) is 7.40. The van der Waals surface area contributed by atoms with Gasteiger partial charge in [-0.05, 0) is 6.42 Å². The lowest BCUT2D eigenvalue weighted by Gasteiger charge is -1.93. The van der Waals surface area contributed by atoms with Gasteiger partial charge in [0, 0.05) is 12.0 Å². The van der Waals surface area contributed by atoms with Crippen molar-refractivity contribution in [3.8, 4) is 11.4 Å². The second kappa shape index (κ2) is 4.73. The quantitative estimate of drug-likeness (QED) is 0.826. The van der Waals surface area contributed by atoms with Gasteiger partial charge in [-0.1, -0.05) is 43.7 Å². The van der Waals surface area contributed by atoms with E-state index < -0.39 is 0 Å². The van der Waals surface area contributed by atoms with E-state index in [4.69, 9.17) is 0 Å². The minimum absolute atomic E-state index is 0.863. The Morgan fingerprint density at radius 2 is 2.00 bits per heavy atom. The molecule has 3 nitrogen and oxygen atoms in total. The van der Waals surface area contributed by atoms with Crippen LogP contribution in [0.4, 0.5) is 0 Å². The number of aryl methyl sites for hydroxylation is 1. The van der Waals surface area contributed by atoms with Crippen LogP contribution in [0.1, 0.15) is 25.6 Å². The standard InChI is InChI=1S/C12H15N3/c1-2-3-9-11-13-12(15-14-11)10-7-5-4-6-8-10/h4-8H,2-3,9H2,1H3,(H,13,14,15). The minimum atomic E-state index is 0.863. The summed E-state index contributed by atoms with van der Waals surface area (Å²) in [6.45, 7) is 2.17. The maximum atomic E-state index is 4.45. The molecule has 0 aliphatic rings. The lowest BCUT2D eigenvalue weighted by molar-refractivity contribution is 0.756. The van der Waals surface area contributed by atoms with Crippen LogP contribution in [0, 0.1) is 0 Å². The summed E-state index contributed by atoms with van der Waals surface area (Å²) in [5, 5.41) is 7.16. The summed E-state index contributed by atoms with van der Waals surface area (Å²) in [4.78, 5) is 4.45. The fourth-order valence-electron chi connectivity index (χ4n) is 1.47. The van der Waals surface area contributed by atoms with E-state index in [1.165, 1.54) is 6.42 Å². The van der Waals surface area contributed by atoms with Crippen LogP contribution in [0.3, 0.4) is 0 Å². The van der Waals surface area contributed by atoms with Crippen LogP contribution in [0.2, 0.25) is 0 Å². The normalized spacial score (nSPS) is 10.5. The number of rotatable bonds is 4. The fourth-order valence-corrected chi connectivity index (χ4v) is 1.47. The third kappa shape index (κ3) is 2.43. The van der Waals surface area contributed by atoms with Gasteiger partial charge >= 0.3 is 0 Å². The first kappa shape index (κ1) is 9.90. The third-order valence-electron chi connectivity index (χ3n) is 2.33. The number of nitrogens with zero attached hydrogens (tertiary/aromatic N) is 2. The van der Waals surface area contributed by atoms with Crippen molar-refractivity contribution in [2.24, 2.45) is 0 Å². The molecule has 1 heterocycles. The van der Waals surface area contributed by atoms with Gasteiger partial charge in [-0.15, -0.1) is 0 Å². The molecule has 0 atom stereocenters. The van der Waals surface area contributed by atoms with Crippen LogP contribution in [0.15, 0.2) is 30.3 Å². The zero-order chi connectivity index (χ0) is 10.5. The van der Waals surface area contributed by atoms with E-state index in [0.717, 1.165) is 30.1 Å². The van der Waals surface area contributed by atoms with Crippen LogP contribution >= 0.6 is 0 Å². The number of hydrogen-bond acceptors (Lipinski definition) is 2. The van der Waals surface area contributed by atoms with Crippen molar-refractivity contribution in [2.75, 3.05) is 0 Å². The Bertz CT molecular complexity index is 406. The summed E-state index contributed by atoms with van der Waals surface area (Å²) in [6.07, 6.45) is 3.28. The lowest BCUT2D eigenvalue weighted by Crippen LogP contribution is -1.87. The van der Waals surface area contributed by atoms with Gasteiger partial charge in [0.2, 0.25) is 0 Å². The highest BCUT2D eigenvalue weighted by atomic mass is 15.2. The summed E-state index contributed by atoms with van der Waals surface area (Å²) in [5.41, 5.74) is 1.09. The third-order valence-corrected chi connectivity index (χ3v) is 2.33. The second-order valence-corrected chi connectivity index (χ2v) is 3.57. The first-order valence-corrected chi connectivity index (χ1v) is 5.37. The average molecular weight is 201 g/mol. The SMILES string of the molecule is CCCCc1n[nH]c(-c2ccccc2)n1. The van der Waals surface area contributed by atoms with E-state index in [2.05, 4.69) is 22.1 Å². The molecule has 0 radical (unpaired) electrons. The van der Waals surface area contributed by atoms with Gasteiger partial charge in [0.15, 0.2) is 11.6 Å². The van der Waals surface area contributed by atoms with Gasteiger partial charge in [0.05, 0.1) is 0 Å². The number of hydrogen-bond donors (Lipinski definition) is 1. The van der Waals surface area contributed by atoms with E-state index in [9.17, 15) is 0 Å². The molecule has 0 spiro atoms. The maximum absolute atomic E-state index is 4.45. The molecule has 1 N–H and O–H groups in total. The Kier molecular flexibility index (Phi) is 3.12. The zero-order valence-corrected chi connectivity index (χ0v) is 8.90. The molecule has 0 fully saturated rings. The summed E-state index contributed by atoms with van der Waals surface area (Å²) >= 11 is 0. The van der Waals surface area contributed by atoms with Crippen molar-refractivity contribution in [1.82, 2.24) is 15.2 Å². The molecule has 0 aliphatic carbocycles. The number of unbranched alkanes of at least 4 members (excludes halogenated alkanes) is 1. The monoisotopic (exact) mass is 201 g/mol. The fraction of sp³-hybridized carbons (Fsp3) is 0.333. The van der Waals surface area contributed by atoms with Gasteiger partial charge in [-0.3, -0.25) is 5.10 Å². The molecule has 15 heavy (non-hydrogen) atoms. The van der Waals surface area contributed by atoms with Gasteiger partial charge in [0.1, 0.15) is 0 Å². The number of benzene rings is 1. The molecule has 0 saturated carbocycles. The van der Waals surface area contributed by atoms with Crippen molar-refractivity contribution in [3.63, 3.8) is 0 Å².